The molecule has 0 aliphatic heterocycles. The molecular weight excluding hydrogens is 192 g/mol. The van der Waals surface area contributed by atoms with Crippen LogP contribution in [0.3, 0.4) is 0 Å². The summed E-state index contributed by atoms with van der Waals surface area (Å²) in [5.41, 5.74) is 4.70. The fourth-order valence-electron chi connectivity index (χ4n) is 3.11. The molecule has 1 aromatic carbocycles. The predicted molar refractivity (Wildman–Crippen MR) is 69.3 cm³/mol. The lowest BCUT2D eigenvalue weighted by atomic mass is 9.77. The van der Waals surface area contributed by atoms with Crippen molar-refractivity contribution in [1.29, 1.82) is 0 Å². The van der Waals surface area contributed by atoms with Gasteiger partial charge in [-0.15, -0.1) is 0 Å². The van der Waals surface area contributed by atoms with Crippen LogP contribution >= 0.6 is 0 Å². The number of allylic oxidation sites excluding steroid dienone is 2. The van der Waals surface area contributed by atoms with Gasteiger partial charge >= 0.3 is 0 Å². The van der Waals surface area contributed by atoms with E-state index in [1.54, 1.807) is 16.7 Å². The van der Waals surface area contributed by atoms with Crippen LogP contribution in [0.5, 0.6) is 0 Å². The zero-order valence-electron chi connectivity index (χ0n) is 10.1. The molecule has 3 rings (SSSR count). The summed E-state index contributed by atoms with van der Waals surface area (Å²) in [5, 5.41) is 2.95. The molecule has 2 aliphatic rings. The van der Waals surface area contributed by atoms with Gasteiger partial charge in [0.25, 0.3) is 0 Å². The van der Waals surface area contributed by atoms with Crippen molar-refractivity contribution < 1.29 is 0 Å². The Morgan fingerprint density at radius 3 is 2.62 bits per heavy atom. The van der Waals surface area contributed by atoms with Crippen molar-refractivity contribution in [3.05, 3.63) is 46.4 Å². The molecule has 1 aromatic rings. The summed E-state index contributed by atoms with van der Waals surface area (Å²) in [7, 11) is 0. The van der Waals surface area contributed by atoms with E-state index < -0.39 is 0 Å². The summed E-state index contributed by atoms with van der Waals surface area (Å²) in [6.07, 6.45) is 6.31. The molecule has 0 heterocycles. The topological polar surface area (TPSA) is 0 Å². The molecule has 16 heavy (non-hydrogen) atoms. The van der Waals surface area contributed by atoms with E-state index in [4.69, 9.17) is 0 Å². The highest BCUT2D eigenvalue weighted by Gasteiger charge is 2.21. The van der Waals surface area contributed by atoms with Gasteiger partial charge in [0.15, 0.2) is 0 Å². The minimum Gasteiger partial charge on any atom is -0.0730 e. The van der Waals surface area contributed by atoms with Crippen LogP contribution in [-0.2, 0) is 0 Å². The smallest absolute Gasteiger partial charge is 0.0115 e. The molecule has 0 fully saturated rings. The Hall–Kier alpha value is -1.30. The molecule has 0 amide bonds. The fourth-order valence-corrected chi connectivity index (χ4v) is 3.11. The predicted octanol–water partition coefficient (Wildman–Crippen LogP) is 2.77. The Bertz CT molecular complexity index is 572. The van der Waals surface area contributed by atoms with Crippen LogP contribution in [-0.4, -0.2) is 0 Å². The highest BCUT2D eigenvalue weighted by Crippen LogP contribution is 2.33. The van der Waals surface area contributed by atoms with Crippen molar-refractivity contribution >= 4 is 11.1 Å². The quantitative estimate of drug-likeness (QED) is 0.617. The van der Waals surface area contributed by atoms with E-state index in [9.17, 15) is 0 Å². The molecular formula is C16H18. The molecule has 0 bridgehead atoms. The second-order valence-corrected chi connectivity index (χ2v) is 5.21. The average molecular weight is 210 g/mol. The number of rotatable bonds is 0. The van der Waals surface area contributed by atoms with Crippen LogP contribution in [0.15, 0.2) is 35.9 Å². The average Bonchev–Trinajstić information content (AvgIpc) is 2.31. The van der Waals surface area contributed by atoms with Gasteiger partial charge in [-0.2, -0.15) is 0 Å². The summed E-state index contributed by atoms with van der Waals surface area (Å²) in [6, 6.07) is 8.88. The molecule has 0 nitrogen and oxygen atoms in total. The molecule has 2 aliphatic carbocycles. The second-order valence-electron chi connectivity index (χ2n) is 5.21. The highest BCUT2D eigenvalue weighted by molar-refractivity contribution is 5.67. The second kappa shape index (κ2) is 3.62. The van der Waals surface area contributed by atoms with Gasteiger partial charge in [0.2, 0.25) is 0 Å². The summed E-state index contributed by atoms with van der Waals surface area (Å²) < 4.78 is 0. The standard InChI is InChI=1S/C16H18/c1-11-7-8-13-10-12(2)14-5-3-4-6-15(14)16(13)9-11/h3-6,9,13H,7-8,10H2,1-2H3. The summed E-state index contributed by atoms with van der Waals surface area (Å²) >= 11 is 0. The molecule has 0 heteroatoms. The SMILES string of the molecule is CC1=CC2=c3ccccc3=C(C)CC2CC1. The van der Waals surface area contributed by atoms with Gasteiger partial charge in [-0.05, 0) is 55.0 Å². The first kappa shape index (κ1) is 9.89. The third kappa shape index (κ3) is 1.44. The molecule has 1 atom stereocenters. The van der Waals surface area contributed by atoms with Gasteiger partial charge in [0.05, 0.1) is 0 Å². The molecule has 0 saturated heterocycles. The summed E-state index contributed by atoms with van der Waals surface area (Å²) in [5.74, 6) is 0.776. The van der Waals surface area contributed by atoms with Crippen LogP contribution in [0, 0.1) is 5.92 Å². The van der Waals surface area contributed by atoms with Gasteiger partial charge in [0.1, 0.15) is 0 Å². The number of hydrogen-bond donors (Lipinski definition) is 0. The monoisotopic (exact) mass is 210 g/mol. The zero-order valence-corrected chi connectivity index (χ0v) is 10.1. The Morgan fingerprint density at radius 2 is 1.81 bits per heavy atom. The van der Waals surface area contributed by atoms with Crippen molar-refractivity contribution in [2.24, 2.45) is 5.92 Å². The summed E-state index contributed by atoms with van der Waals surface area (Å²) in [6.45, 7) is 4.55. The van der Waals surface area contributed by atoms with Gasteiger partial charge in [-0.25, -0.2) is 0 Å². The fraction of sp³-hybridized carbons (Fsp3) is 0.375. The number of benzene rings is 1. The third-order valence-corrected chi connectivity index (χ3v) is 3.98. The highest BCUT2D eigenvalue weighted by atomic mass is 14.3. The van der Waals surface area contributed by atoms with Crippen molar-refractivity contribution in [2.45, 2.75) is 33.1 Å². The van der Waals surface area contributed by atoms with Gasteiger partial charge < -0.3 is 0 Å². The molecule has 0 N–H and O–H groups in total. The summed E-state index contributed by atoms with van der Waals surface area (Å²) in [4.78, 5) is 0. The van der Waals surface area contributed by atoms with E-state index in [0.29, 0.717) is 0 Å². The first-order valence-corrected chi connectivity index (χ1v) is 6.22. The van der Waals surface area contributed by atoms with E-state index in [2.05, 4.69) is 44.2 Å². The molecule has 1 unspecified atom stereocenters. The normalized spacial score (nSPS) is 23.6. The van der Waals surface area contributed by atoms with Crippen LogP contribution in [0.2, 0.25) is 0 Å². The number of fused-ring (bicyclic) bond motifs is 2. The van der Waals surface area contributed by atoms with Crippen molar-refractivity contribution in [3.63, 3.8) is 0 Å². The van der Waals surface area contributed by atoms with E-state index in [1.165, 1.54) is 29.7 Å². The van der Waals surface area contributed by atoms with E-state index in [-0.39, 0.29) is 0 Å². The Morgan fingerprint density at radius 1 is 1.06 bits per heavy atom. The first-order valence-electron chi connectivity index (χ1n) is 6.22. The zero-order chi connectivity index (χ0) is 11.1. The van der Waals surface area contributed by atoms with Gasteiger partial charge in [-0.1, -0.05) is 41.5 Å². The Balaban J connectivity index is 2.40. The maximum atomic E-state index is 2.43. The lowest BCUT2D eigenvalue weighted by Crippen LogP contribution is -2.35. The molecule has 0 radical (unpaired) electrons. The van der Waals surface area contributed by atoms with Crippen LogP contribution in [0.25, 0.3) is 11.1 Å². The van der Waals surface area contributed by atoms with Gasteiger partial charge in [-0.3, -0.25) is 0 Å². The maximum absolute atomic E-state index is 2.43. The van der Waals surface area contributed by atoms with E-state index in [0.717, 1.165) is 5.92 Å². The maximum Gasteiger partial charge on any atom is -0.0115 e. The molecule has 0 aromatic heterocycles. The minimum absolute atomic E-state index is 0.776. The minimum atomic E-state index is 0.776. The lowest BCUT2D eigenvalue weighted by molar-refractivity contribution is 0.596. The van der Waals surface area contributed by atoms with Crippen molar-refractivity contribution in [2.75, 3.05) is 0 Å². The molecule has 82 valence electrons. The van der Waals surface area contributed by atoms with Gasteiger partial charge in [0, 0.05) is 0 Å². The molecule has 0 spiro atoms. The van der Waals surface area contributed by atoms with E-state index >= 15 is 0 Å². The van der Waals surface area contributed by atoms with Crippen molar-refractivity contribution in [1.82, 2.24) is 0 Å². The first-order chi connectivity index (χ1) is 7.75. The van der Waals surface area contributed by atoms with E-state index in [1.807, 2.05) is 0 Å². The number of hydrogen-bond acceptors (Lipinski definition) is 0. The lowest BCUT2D eigenvalue weighted by Gasteiger charge is -2.27. The third-order valence-electron chi connectivity index (χ3n) is 3.98. The van der Waals surface area contributed by atoms with Crippen LogP contribution in [0.1, 0.15) is 33.1 Å². The Labute approximate surface area is 97.0 Å². The largest absolute Gasteiger partial charge is 0.0730 e. The Kier molecular flexibility index (Phi) is 2.24. The van der Waals surface area contributed by atoms with Crippen LogP contribution in [0.4, 0.5) is 0 Å². The van der Waals surface area contributed by atoms with Crippen LogP contribution < -0.4 is 10.4 Å². The molecule has 0 saturated carbocycles. The van der Waals surface area contributed by atoms with Crippen molar-refractivity contribution in [3.8, 4) is 0 Å².